The molecule has 0 saturated carbocycles. The molecule has 0 unspecified atom stereocenters. The Morgan fingerprint density at radius 3 is 2.03 bits per heavy atom. The van der Waals surface area contributed by atoms with Crippen LogP contribution in [0.15, 0.2) is 30.3 Å². The number of amides is 2. The van der Waals surface area contributed by atoms with Gasteiger partial charge in [0.2, 0.25) is 5.91 Å². The molecule has 186 valence electrons. The molecule has 0 aliphatic rings. The Hall–Kier alpha value is -2.57. The summed E-state index contributed by atoms with van der Waals surface area (Å²) in [5, 5.41) is 5.67. The molecule has 7 nitrogen and oxygen atoms in total. The lowest BCUT2D eigenvalue weighted by Crippen LogP contribution is -2.49. The van der Waals surface area contributed by atoms with Crippen molar-refractivity contribution in [2.75, 3.05) is 13.7 Å². The van der Waals surface area contributed by atoms with E-state index < -0.39 is 17.7 Å². The van der Waals surface area contributed by atoms with Crippen LogP contribution in [0.4, 0.5) is 4.79 Å². The smallest absolute Gasteiger partial charge is 0.408 e. The van der Waals surface area contributed by atoms with Crippen molar-refractivity contribution >= 4 is 18.0 Å². The van der Waals surface area contributed by atoms with Gasteiger partial charge in [-0.1, -0.05) is 68.9 Å². The van der Waals surface area contributed by atoms with Gasteiger partial charge >= 0.3 is 12.1 Å². The number of unbranched alkanes of at least 4 members (excludes halogenated alkanes) is 7. The van der Waals surface area contributed by atoms with Crippen molar-refractivity contribution in [1.29, 1.82) is 0 Å². The molecule has 0 saturated heterocycles. The van der Waals surface area contributed by atoms with Gasteiger partial charge in [0, 0.05) is 19.4 Å². The first kappa shape index (κ1) is 28.5. The lowest BCUT2D eigenvalue weighted by atomic mass is 10.1. The zero-order chi connectivity index (χ0) is 24.5. The van der Waals surface area contributed by atoms with Gasteiger partial charge in [0.05, 0.1) is 7.11 Å². The fraction of sp³-hybridized carbons (Fsp3) is 0.654. The molecule has 1 atom stereocenters. The molecule has 2 amide bonds. The molecule has 0 spiro atoms. The third-order valence-electron chi connectivity index (χ3n) is 5.12. The minimum atomic E-state index is -0.688. The monoisotopic (exact) mass is 462 g/mol. The molecule has 7 heteroatoms. The van der Waals surface area contributed by atoms with E-state index in [0.29, 0.717) is 19.4 Å². The highest BCUT2D eigenvalue weighted by Crippen LogP contribution is 2.11. The second kappa shape index (κ2) is 16.1. The van der Waals surface area contributed by atoms with E-state index in [1.54, 1.807) is 20.8 Å². The highest BCUT2D eigenvalue weighted by molar-refractivity contribution is 5.86. The normalized spacial score (nSPS) is 12.0. The molecule has 0 fully saturated rings. The number of hydrogen-bond acceptors (Lipinski definition) is 5. The molecule has 0 aliphatic carbocycles. The Morgan fingerprint density at radius 2 is 1.45 bits per heavy atom. The number of methoxy groups -OCH3 is 1. The molecule has 1 aromatic carbocycles. The topological polar surface area (TPSA) is 93.7 Å². The molecule has 0 heterocycles. The Bertz CT molecular complexity index is 700. The number of carbonyl (C=O) groups excluding carboxylic acids is 3. The van der Waals surface area contributed by atoms with Crippen LogP contribution in [-0.4, -0.2) is 43.3 Å². The van der Waals surface area contributed by atoms with E-state index in [2.05, 4.69) is 15.4 Å². The number of ether oxygens (including phenoxy) is 2. The van der Waals surface area contributed by atoms with Crippen LogP contribution in [0, 0.1) is 0 Å². The van der Waals surface area contributed by atoms with Gasteiger partial charge in [-0.05, 0) is 39.2 Å². The number of benzene rings is 1. The van der Waals surface area contributed by atoms with Gasteiger partial charge in [0.25, 0.3) is 0 Å². The summed E-state index contributed by atoms with van der Waals surface area (Å²) in [4.78, 5) is 36.0. The molecule has 0 bridgehead atoms. The number of alkyl carbamates (subject to hydrolysis) is 1. The Morgan fingerprint density at radius 1 is 0.879 bits per heavy atom. The van der Waals surface area contributed by atoms with Gasteiger partial charge < -0.3 is 20.1 Å². The zero-order valence-electron chi connectivity index (χ0n) is 20.8. The number of hydrogen-bond donors (Lipinski definition) is 2. The number of carbonyl (C=O) groups is 3. The lowest BCUT2D eigenvalue weighted by molar-refractivity contribution is -0.140. The lowest BCUT2D eigenvalue weighted by Gasteiger charge is -2.23. The molecule has 1 aromatic rings. The average molecular weight is 463 g/mol. The maximum atomic E-state index is 12.7. The Labute approximate surface area is 199 Å². The molecule has 33 heavy (non-hydrogen) atoms. The second-order valence-corrected chi connectivity index (χ2v) is 9.33. The number of nitrogens with one attached hydrogen (secondary N) is 2. The third-order valence-corrected chi connectivity index (χ3v) is 5.12. The third kappa shape index (κ3) is 15.0. The number of rotatable bonds is 15. The highest BCUT2D eigenvalue weighted by atomic mass is 16.6. The van der Waals surface area contributed by atoms with E-state index in [1.807, 2.05) is 30.3 Å². The predicted molar refractivity (Wildman–Crippen MR) is 130 cm³/mol. The van der Waals surface area contributed by atoms with E-state index in [-0.39, 0.29) is 11.9 Å². The van der Waals surface area contributed by atoms with Gasteiger partial charge in [0.1, 0.15) is 11.6 Å². The van der Waals surface area contributed by atoms with Crippen molar-refractivity contribution in [3.8, 4) is 0 Å². The first-order valence-corrected chi connectivity index (χ1v) is 12.1. The van der Waals surface area contributed by atoms with E-state index >= 15 is 0 Å². The molecule has 1 rings (SSSR count). The van der Waals surface area contributed by atoms with E-state index in [1.165, 1.54) is 7.11 Å². The number of esters is 1. The van der Waals surface area contributed by atoms with Crippen LogP contribution < -0.4 is 10.6 Å². The fourth-order valence-electron chi connectivity index (χ4n) is 3.40. The molecular weight excluding hydrogens is 420 g/mol. The maximum Gasteiger partial charge on any atom is 0.408 e. The Kier molecular flexibility index (Phi) is 13.9. The van der Waals surface area contributed by atoms with Crippen LogP contribution in [0.25, 0.3) is 0 Å². The summed E-state index contributed by atoms with van der Waals surface area (Å²) in [5.41, 5.74) is 0.347. The highest BCUT2D eigenvalue weighted by Gasteiger charge is 2.24. The van der Waals surface area contributed by atoms with Crippen molar-refractivity contribution in [1.82, 2.24) is 10.6 Å². The van der Waals surface area contributed by atoms with Gasteiger partial charge in [-0.25, -0.2) is 4.79 Å². The van der Waals surface area contributed by atoms with E-state index in [9.17, 15) is 14.4 Å². The van der Waals surface area contributed by atoms with Crippen molar-refractivity contribution in [2.45, 2.75) is 96.6 Å². The SMILES string of the molecule is COC(=O)CCCCCCCCCCNC(=O)[C@H](Cc1ccccc1)NC(=O)OC(C)(C)C. The quantitative estimate of drug-likeness (QED) is 0.285. The summed E-state index contributed by atoms with van der Waals surface area (Å²) < 4.78 is 9.96. The first-order valence-electron chi connectivity index (χ1n) is 12.1. The standard InChI is InChI=1S/C26H42N2O5/c1-26(2,3)33-25(31)28-22(20-21-16-12-11-13-17-21)24(30)27-19-15-10-8-6-5-7-9-14-18-23(29)32-4/h11-13,16-17,22H,5-10,14-15,18-20H2,1-4H3,(H,27,30)(H,28,31)/t22-/m0/s1. The predicted octanol–water partition coefficient (Wildman–Crippen LogP) is 4.92. The Balaban J connectivity index is 2.29. The maximum absolute atomic E-state index is 12.7. The zero-order valence-corrected chi connectivity index (χ0v) is 20.8. The van der Waals surface area contributed by atoms with Crippen molar-refractivity contribution < 1.29 is 23.9 Å². The molecule has 0 aromatic heterocycles. The largest absolute Gasteiger partial charge is 0.469 e. The minimum Gasteiger partial charge on any atom is -0.469 e. The van der Waals surface area contributed by atoms with Crippen LogP contribution in [0.2, 0.25) is 0 Å². The minimum absolute atomic E-state index is 0.135. The van der Waals surface area contributed by atoms with Crippen molar-refractivity contribution in [3.63, 3.8) is 0 Å². The van der Waals surface area contributed by atoms with Gasteiger partial charge in [0.15, 0.2) is 0 Å². The summed E-state index contributed by atoms with van der Waals surface area (Å²) in [7, 11) is 1.42. The van der Waals surface area contributed by atoms with Crippen LogP contribution in [0.1, 0.15) is 84.1 Å². The molecule has 0 aliphatic heterocycles. The van der Waals surface area contributed by atoms with Crippen molar-refractivity contribution in [3.05, 3.63) is 35.9 Å². The molecule has 0 radical (unpaired) electrons. The molecule has 2 N–H and O–H groups in total. The van der Waals surface area contributed by atoms with Crippen LogP contribution >= 0.6 is 0 Å². The summed E-state index contributed by atoms with van der Waals surface area (Å²) in [6, 6.07) is 8.93. The van der Waals surface area contributed by atoms with Gasteiger partial charge in [-0.15, -0.1) is 0 Å². The van der Waals surface area contributed by atoms with Crippen LogP contribution in [-0.2, 0) is 25.5 Å². The summed E-state index contributed by atoms with van der Waals surface area (Å²) in [6.45, 7) is 5.96. The summed E-state index contributed by atoms with van der Waals surface area (Å²) >= 11 is 0. The van der Waals surface area contributed by atoms with Crippen LogP contribution in [0.3, 0.4) is 0 Å². The molecular formula is C26H42N2O5. The van der Waals surface area contributed by atoms with Crippen molar-refractivity contribution in [2.24, 2.45) is 0 Å². The summed E-state index contributed by atoms with van der Waals surface area (Å²) in [6.07, 6.45) is 8.77. The van der Waals surface area contributed by atoms with Gasteiger partial charge in [-0.3, -0.25) is 9.59 Å². The second-order valence-electron chi connectivity index (χ2n) is 9.33. The van der Waals surface area contributed by atoms with E-state index in [0.717, 1.165) is 56.9 Å². The van der Waals surface area contributed by atoms with Crippen LogP contribution in [0.5, 0.6) is 0 Å². The van der Waals surface area contributed by atoms with E-state index in [4.69, 9.17) is 4.74 Å². The summed E-state index contributed by atoms with van der Waals surface area (Å²) in [5.74, 6) is -0.334. The first-order chi connectivity index (χ1) is 15.7. The fourth-order valence-corrected chi connectivity index (χ4v) is 3.40. The van der Waals surface area contributed by atoms with Gasteiger partial charge in [-0.2, -0.15) is 0 Å². The average Bonchev–Trinajstić information content (AvgIpc) is 2.76.